The highest BCUT2D eigenvalue weighted by Crippen LogP contribution is 2.67. The fraction of sp³-hybridized carbons (Fsp3) is 0.935. The minimum absolute atomic E-state index is 0. The first-order chi connectivity index (χ1) is 14.3. The predicted molar refractivity (Wildman–Crippen MR) is 140 cm³/mol. The lowest BCUT2D eigenvalue weighted by Crippen LogP contribution is -2.50. The van der Waals surface area contributed by atoms with E-state index < -0.39 is 0 Å². The summed E-state index contributed by atoms with van der Waals surface area (Å²) in [5, 5.41) is 0. The quantitative estimate of drug-likeness (QED) is 0.380. The number of rotatable bonds is 5. The SMILES string of the molecule is C.CC.CC(C)CCC[C@@H](C)[C@H]1CCC2C3CC=C4C[C@@H](C)CC[C@]4(C)C3CCC21C. The van der Waals surface area contributed by atoms with Gasteiger partial charge in [-0.3, -0.25) is 0 Å². The second-order valence-electron chi connectivity index (χ2n) is 12.6. The maximum absolute atomic E-state index is 2.75. The first kappa shape index (κ1) is 27.0. The van der Waals surface area contributed by atoms with Crippen LogP contribution in [0.3, 0.4) is 0 Å². The lowest BCUT2D eigenvalue weighted by atomic mass is 9.46. The van der Waals surface area contributed by atoms with Crippen LogP contribution in [-0.2, 0) is 0 Å². The molecular formula is C31H58. The average molecular weight is 431 g/mol. The van der Waals surface area contributed by atoms with E-state index in [4.69, 9.17) is 0 Å². The molecule has 0 spiro atoms. The molecule has 182 valence electrons. The third kappa shape index (κ3) is 4.99. The molecule has 3 saturated carbocycles. The summed E-state index contributed by atoms with van der Waals surface area (Å²) >= 11 is 0. The van der Waals surface area contributed by atoms with Gasteiger partial charge < -0.3 is 0 Å². The van der Waals surface area contributed by atoms with E-state index in [1.807, 2.05) is 19.4 Å². The van der Waals surface area contributed by atoms with Crippen molar-refractivity contribution in [3.63, 3.8) is 0 Å². The molecule has 4 unspecified atom stereocenters. The van der Waals surface area contributed by atoms with Gasteiger partial charge >= 0.3 is 0 Å². The third-order valence-electron chi connectivity index (χ3n) is 10.6. The molecule has 0 aromatic heterocycles. The molecule has 0 N–H and O–H groups in total. The summed E-state index contributed by atoms with van der Waals surface area (Å²) in [6, 6.07) is 0. The van der Waals surface area contributed by atoms with E-state index in [2.05, 4.69) is 47.6 Å². The van der Waals surface area contributed by atoms with Crippen molar-refractivity contribution in [3.8, 4) is 0 Å². The van der Waals surface area contributed by atoms with Crippen molar-refractivity contribution in [2.45, 2.75) is 133 Å². The summed E-state index contributed by atoms with van der Waals surface area (Å²) in [5.74, 6) is 6.73. The van der Waals surface area contributed by atoms with Crippen LogP contribution < -0.4 is 0 Å². The van der Waals surface area contributed by atoms with Crippen LogP contribution in [0.4, 0.5) is 0 Å². The Morgan fingerprint density at radius 3 is 2.32 bits per heavy atom. The molecule has 4 aliphatic rings. The molecule has 4 aliphatic carbocycles. The standard InChI is InChI=1S/C28H48.C2H6.CH4/c1-19(2)8-7-9-21(4)24-12-13-25-23-11-10-22-18-20(3)14-16-27(22,5)26(23)15-17-28(24,25)6;1-2;/h10,19-21,23-26H,7-9,11-18H2,1-6H3;1-2H3;1H4/t20-,21+,23?,24+,25?,26?,27-,28?;;/m0../s1. The molecule has 0 amide bonds. The molecule has 0 bridgehead atoms. The Labute approximate surface area is 197 Å². The highest BCUT2D eigenvalue weighted by atomic mass is 14.6. The molecule has 0 aromatic carbocycles. The minimum atomic E-state index is 0. The zero-order valence-electron chi connectivity index (χ0n) is 21.9. The molecule has 31 heavy (non-hydrogen) atoms. The number of allylic oxidation sites excluding steroid dienone is 2. The van der Waals surface area contributed by atoms with Gasteiger partial charge in [-0.1, -0.05) is 93.7 Å². The van der Waals surface area contributed by atoms with Crippen molar-refractivity contribution in [2.75, 3.05) is 0 Å². The zero-order valence-corrected chi connectivity index (χ0v) is 21.9. The van der Waals surface area contributed by atoms with Crippen LogP contribution in [-0.4, -0.2) is 0 Å². The smallest absolute Gasteiger partial charge is 0.00851 e. The van der Waals surface area contributed by atoms with Crippen molar-refractivity contribution in [1.82, 2.24) is 0 Å². The van der Waals surface area contributed by atoms with E-state index >= 15 is 0 Å². The summed E-state index contributed by atoms with van der Waals surface area (Å²) < 4.78 is 0. The second-order valence-corrected chi connectivity index (χ2v) is 12.6. The van der Waals surface area contributed by atoms with Crippen LogP contribution in [0.1, 0.15) is 133 Å². The highest BCUT2D eigenvalue weighted by molar-refractivity contribution is 5.25. The molecule has 3 fully saturated rings. The molecule has 0 heterocycles. The van der Waals surface area contributed by atoms with E-state index in [-0.39, 0.29) is 7.43 Å². The van der Waals surface area contributed by atoms with Crippen molar-refractivity contribution in [1.29, 1.82) is 0 Å². The fourth-order valence-corrected chi connectivity index (χ4v) is 8.87. The predicted octanol–water partition coefficient (Wildman–Crippen LogP) is 10.3. The monoisotopic (exact) mass is 430 g/mol. The van der Waals surface area contributed by atoms with Gasteiger partial charge in [0.2, 0.25) is 0 Å². The molecule has 8 atom stereocenters. The van der Waals surface area contributed by atoms with Crippen molar-refractivity contribution < 1.29 is 0 Å². The van der Waals surface area contributed by atoms with Gasteiger partial charge in [-0.25, -0.2) is 0 Å². The van der Waals surface area contributed by atoms with Gasteiger partial charge in [0, 0.05) is 0 Å². The van der Waals surface area contributed by atoms with Crippen molar-refractivity contribution in [2.24, 2.45) is 52.3 Å². The molecule has 0 heteroatoms. The minimum Gasteiger partial charge on any atom is -0.0845 e. The third-order valence-corrected chi connectivity index (χ3v) is 10.6. The Morgan fingerprint density at radius 1 is 0.935 bits per heavy atom. The summed E-state index contributed by atoms with van der Waals surface area (Å²) in [4.78, 5) is 0. The van der Waals surface area contributed by atoms with Crippen LogP contribution in [0.25, 0.3) is 0 Å². The second kappa shape index (κ2) is 10.8. The highest BCUT2D eigenvalue weighted by Gasteiger charge is 2.58. The Bertz CT molecular complexity index is 585. The maximum Gasteiger partial charge on any atom is -0.00851 e. The topological polar surface area (TPSA) is 0 Å². The molecule has 0 aliphatic heterocycles. The Balaban J connectivity index is 0.00000111. The Hall–Kier alpha value is -0.260. The molecule has 4 rings (SSSR count). The van der Waals surface area contributed by atoms with Gasteiger partial charge in [-0.05, 0) is 104 Å². The van der Waals surface area contributed by atoms with Gasteiger partial charge in [0.1, 0.15) is 0 Å². The maximum atomic E-state index is 2.75. The Kier molecular flexibility index (Phi) is 9.38. The van der Waals surface area contributed by atoms with Gasteiger partial charge in [-0.15, -0.1) is 0 Å². The van der Waals surface area contributed by atoms with Gasteiger partial charge in [0.25, 0.3) is 0 Å². The van der Waals surface area contributed by atoms with Crippen LogP contribution in [0.15, 0.2) is 11.6 Å². The number of hydrogen-bond donors (Lipinski definition) is 0. The van der Waals surface area contributed by atoms with Gasteiger partial charge in [0.15, 0.2) is 0 Å². The van der Waals surface area contributed by atoms with E-state index in [0.717, 1.165) is 41.4 Å². The number of hydrogen-bond acceptors (Lipinski definition) is 0. The van der Waals surface area contributed by atoms with Crippen LogP contribution in [0, 0.1) is 52.3 Å². The normalized spacial score (nSPS) is 42.2. The van der Waals surface area contributed by atoms with Crippen molar-refractivity contribution >= 4 is 0 Å². The van der Waals surface area contributed by atoms with Gasteiger partial charge in [-0.2, -0.15) is 0 Å². The number of fused-ring (bicyclic) bond motifs is 5. The first-order valence-corrected chi connectivity index (χ1v) is 13.9. The van der Waals surface area contributed by atoms with Crippen LogP contribution in [0.5, 0.6) is 0 Å². The molecule has 0 nitrogen and oxygen atoms in total. The van der Waals surface area contributed by atoms with Gasteiger partial charge in [0.05, 0.1) is 0 Å². The zero-order chi connectivity index (χ0) is 22.1. The Morgan fingerprint density at radius 2 is 1.65 bits per heavy atom. The molecule has 0 saturated heterocycles. The first-order valence-electron chi connectivity index (χ1n) is 13.9. The fourth-order valence-electron chi connectivity index (χ4n) is 8.87. The van der Waals surface area contributed by atoms with E-state index in [9.17, 15) is 0 Å². The van der Waals surface area contributed by atoms with Crippen molar-refractivity contribution in [3.05, 3.63) is 11.6 Å². The molecular weight excluding hydrogens is 372 g/mol. The van der Waals surface area contributed by atoms with E-state index in [0.29, 0.717) is 10.8 Å². The van der Waals surface area contributed by atoms with E-state index in [1.165, 1.54) is 70.6 Å². The van der Waals surface area contributed by atoms with E-state index in [1.54, 1.807) is 0 Å². The summed E-state index contributed by atoms with van der Waals surface area (Å²) in [7, 11) is 0. The lowest BCUT2D eigenvalue weighted by Gasteiger charge is -2.58. The largest absolute Gasteiger partial charge is 0.0845 e. The van der Waals surface area contributed by atoms with Crippen LogP contribution >= 0.6 is 0 Å². The lowest BCUT2D eigenvalue weighted by molar-refractivity contribution is -0.0523. The average Bonchev–Trinajstić information content (AvgIpc) is 3.07. The molecule has 0 aromatic rings. The summed E-state index contributed by atoms with van der Waals surface area (Å²) in [5.41, 5.74) is 3.06. The summed E-state index contributed by atoms with van der Waals surface area (Å²) in [6.07, 6.45) is 19.0. The van der Waals surface area contributed by atoms with Crippen LogP contribution in [0.2, 0.25) is 0 Å². The molecule has 0 radical (unpaired) electrons. The summed E-state index contributed by atoms with van der Waals surface area (Å²) in [6.45, 7) is 19.3.